The molecule has 0 saturated heterocycles. The molecule has 0 atom stereocenters. The number of carbonyl (C=O) groups excluding carboxylic acids is 1. The second-order valence-corrected chi connectivity index (χ2v) is 7.38. The minimum absolute atomic E-state index is 0.259. The highest BCUT2D eigenvalue weighted by atomic mass is 19.1. The van der Waals surface area contributed by atoms with E-state index >= 15 is 0 Å². The van der Waals surface area contributed by atoms with Gasteiger partial charge in [-0.1, -0.05) is 18.6 Å². The zero-order valence-electron chi connectivity index (χ0n) is 16.2. The predicted octanol–water partition coefficient (Wildman–Crippen LogP) is 3.80. The summed E-state index contributed by atoms with van der Waals surface area (Å²) < 4.78 is 14.2. The molecule has 7 heteroatoms. The van der Waals surface area contributed by atoms with E-state index in [1.165, 1.54) is 11.0 Å². The Balaban J connectivity index is 1.48. The van der Waals surface area contributed by atoms with Crippen molar-refractivity contribution in [2.24, 2.45) is 0 Å². The number of benzene rings is 1. The van der Waals surface area contributed by atoms with Gasteiger partial charge < -0.3 is 10.2 Å². The molecular weight excluding hydrogens is 369 g/mol. The molecule has 1 aromatic carbocycles. The fourth-order valence-electron chi connectivity index (χ4n) is 3.66. The van der Waals surface area contributed by atoms with Crippen molar-refractivity contribution < 1.29 is 9.18 Å². The lowest BCUT2D eigenvalue weighted by Crippen LogP contribution is -2.42. The van der Waals surface area contributed by atoms with Gasteiger partial charge in [0.05, 0.1) is 5.69 Å². The SMILES string of the molecule is CN(C=O)c1cccc(-c2cnc(NCC3(c4ncccc4F)CCC3)nc2)c1. The maximum atomic E-state index is 14.2. The first-order chi connectivity index (χ1) is 14.1. The Morgan fingerprint density at radius 1 is 1.14 bits per heavy atom. The number of hydrogen-bond acceptors (Lipinski definition) is 5. The molecule has 1 aliphatic rings. The predicted molar refractivity (Wildman–Crippen MR) is 110 cm³/mol. The van der Waals surface area contributed by atoms with Crippen LogP contribution in [-0.4, -0.2) is 35.0 Å². The van der Waals surface area contributed by atoms with Crippen LogP contribution in [0.5, 0.6) is 0 Å². The molecule has 0 unspecified atom stereocenters. The second-order valence-electron chi connectivity index (χ2n) is 7.38. The molecule has 1 N–H and O–H groups in total. The number of carbonyl (C=O) groups is 1. The van der Waals surface area contributed by atoms with E-state index in [0.717, 1.165) is 42.5 Å². The van der Waals surface area contributed by atoms with Crippen LogP contribution in [-0.2, 0) is 10.2 Å². The Morgan fingerprint density at radius 3 is 2.59 bits per heavy atom. The van der Waals surface area contributed by atoms with Crippen LogP contribution in [0.1, 0.15) is 25.0 Å². The van der Waals surface area contributed by atoms with Crippen LogP contribution in [0.2, 0.25) is 0 Å². The van der Waals surface area contributed by atoms with Crippen molar-refractivity contribution in [3.8, 4) is 11.1 Å². The van der Waals surface area contributed by atoms with Crippen LogP contribution >= 0.6 is 0 Å². The lowest BCUT2D eigenvalue weighted by Gasteiger charge is -2.41. The van der Waals surface area contributed by atoms with Gasteiger partial charge in [0.2, 0.25) is 12.4 Å². The molecule has 1 fully saturated rings. The fraction of sp³-hybridized carbons (Fsp3) is 0.273. The third-order valence-electron chi connectivity index (χ3n) is 5.55. The van der Waals surface area contributed by atoms with Gasteiger partial charge in [0.15, 0.2) is 0 Å². The van der Waals surface area contributed by atoms with E-state index in [1.54, 1.807) is 31.7 Å². The summed E-state index contributed by atoms with van der Waals surface area (Å²) in [7, 11) is 1.70. The summed E-state index contributed by atoms with van der Waals surface area (Å²) in [5.41, 5.74) is 2.79. The van der Waals surface area contributed by atoms with Crippen LogP contribution < -0.4 is 10.2 Å². The molecule has 0 radical (unpaired) electrons. The summed E-state index contributed by atoms with van der Waals surface area (Å²) in [6.45, 7) is 0.542. The van der Waals surface area contributed by atoms with Gasteiger partial charge in [-0.15, -0.1) is 0 Å². The van der Waals surface area contributed by atoms with Crippen LogP contribution in [0.15, 0.2) is 55.0 Å². The minimum Gasteiger partial charge on any atom is -0.353 e. The molecule has 1 amide bonds. The monoisotopic (exact) mass is 391 g/mol. The van der Waals surface area contributed by atoms with Crippen molar-refractivity contribution in [3.63, 3.8) is 0 Å². The first-order valence-electron chi connectivity index (χ1n) is 9.57. The molecule has 2 heterocycles. The number of halogens is 1. The molecule has 4 rings (SSSR count). The summed E-state index contributed by atoms with van der Waals surface area (Å²) >= 11 is 0. The molecule has 6 nitrogen and oxygen atoms in total. The van der Waals surface area contributed by atoms with Gasteiger partial charge >= 0.3 is 0 Å². The quantitative estimate of drug-likeness (QED) is 0.620. The van der Waals surface area contributed by atoms with Gasteiger partial charge in [0, 0.05) is 48.8 Å². The van der Waals surface area contributed by atoms with Crippen molar-refractivity contribution in [2.45, 2.75) is 24.7 Å². The van der Waals surface area contributed by atoms with Gasteiger partial charge in [-0.3, -0.25) is 9.78 Å². The lowest BCUT2D eigenvalue weighted by molar-refractivity contribution is -0.107. The van der Waals surface area contributed by atoms with Gasteiger partial charge in [-0.2, -0.15) is 0 Å². The topological polar surface area (TPSA) is 71.0 Å². The van der Waals surface area contributed by atoms with Crippen LogP contribution in [0.3, 0.4) is 0 Å². The highest BCUT2D eigenvalue weighted by molar-refractivity contribution is 5.77. The molecule has 2 aromatic heterocycles. The second kappa shape index (κ2) is 7.95. The van der Waals surface area contributed by atoms with Gasteiger partial charge in [0.1, 0.15) is 5.82 Å². The van der Waals surface area contributed by atoms with Gasteiger partial charge in [-0.05, 0) is 42.7 Å². The van der Waals surface area contributed by atoms with Crippen LogP contribution in [0, 0.1) is 5.82 Å². The number of pyridine rings is 1. The first kappa shape index (κ1) is 19.0. The van der Waals surface area contributed by atoms with E-state index in [2.05, 4.69) is 20.3 Å². The summed E-state index contributed by atoms with van der Waals surface area (Å²) in [6.07, 6.45) is 8.73. The molecule has 29 heavy (non-hydrogen) atoms. The van der Waals surface area contributed by atoms with Crippen molar-refractivity contribution in [1.82, 2.24) is 15.0 Å². The van der Waals surface area contributed by atoms with E-state index in [-0.39, 0.29) is 11.2 Å². The number of rotatable bonds is 7. The summed E-state index contributed by atoms with van der Waals surface area (Å²) in [5, 5.41) is 3.25. The Bertz CT molecular complexity index is 1000. The third kappa shape index (κ3) is 3.81. The highest BCUT2D eigenvalue weighted by Crippen LogP contribution is 2.43. The van der Waals surface area contributed by atoms with E-state index < -0.39 is 0 Å². The van der Waals surface area contributed by atoms with E-state index in [4.69, 9.17) is 0 Å². The molecule has 1 saturated carbocycles. The normalized spacial score (nSPS) is 14.7. The smallest absolute Gasteiger partial charge is 0.222 e. The molecule has 1 aliphatic carbocycles. The molecule has 0 bridgehead atoms. The maximum Gasteiger partial charge on any atom is 0.222 e. The Hall–Kier alpha value is -3.35. The molecule has 3 aromatic rings. The van der Waals surface area contributed by atoms with Gasteiger partial charge in [-0.25, -0.2) is 14.4 Å². The van der Waals surface area contributed by atoms with Crippen molar-refractivity contribution in [3.05, 3.63) is 66.5 Å². The number of hydrogen-bond donors (Lipinski definition) is 1. The Labute approximate surface area is 168 Å². The standard InChI is InChI=1S/C22H22FN5O/c1-28(15-29)18-6-2-5-16(11-18)17-12-25-21(26-13-17)27-14-22(8-4-9-22)20-19(23)7-3-10-24-20/h2-3,5-7,10-13,15H,4,8-9,14H2,1H3,(H,25,26,27). The Morgan fingerprint density at radius 2 is 1.93 bits per heavy atom. The molecular formula is C22H22FN5O. The molecule has 0 aliphatic heterocycles. The van der Waals surface area contributed by atoms with E-state index in [1.807, 2.05) is 24.3 Å². The molecule has 148 valence electrons. The number of nitrogens with zero attached hydrogens (tertiary/aromatic N) is 4. The number of aromatic nitrogens is 3. The van der Waals surface area contributed by atoms with Crippen molar-refractivity contribution in [1.29, 1.82) is 0 Å². The average molecular weight is 391 g/mol. The average Bonchev–Trinajstić information content (AvgIpc) is 2.74. The van der Waals surface area contributed by atoms with Gasteiger partial charge in [0.25, 0.3) is 0 Å². The van der Waals surface area contributed by atoms with Crippen LogP contribution in [0.4, 0.5) is 16.0 Å². The Kier molecular flexibility index (Phi) is 5.20. The minimum atomic E-state index is -0.304. The first-order valence-corrected chi connectivity index (χ1v) is 9.57. The lowest BCUT2D eigenvalue weighted by atomic mass is 9.66. The number of anilines is 2. The summed E-state index contributed by atoms with van der Waals surface area (Å²) in [4.78, 5) is 25.6. The third-order valence-corrected chi connectivity index (χ3v) is 5.55. The van der Waals surface area contributed by atoms with E-state index in [9.17, 15) is 9.18 Å². The fourth-order valence-corrected chi connectivity index (χ4v) is 3.66. The van der Waals surface area contributed by atoms with Crippen molar-refractivity contribution >= 4 is 18.0 Å². The number of amides is 1. The zero-order valence-corrected chi connectivity index (χ0v) is 16.2. The summed E-state index contributed by atoms with van der Waals surface area (Å²) in [5.74, 6) is 0.239. The summed E-state index contributed by atoms with van der Waals surface area (Å²) in [6, 6.07) is 10.7. The molecule has 0 spiro atoms. The zero-order chi connectivity index (χ0) is 20.3. The van der Waals surface area contributed by atoms with E-state index in [0.29, 0.717) is 18.2 Å². The largest absolute Gasteiger partial charge is 0.353 e. The number of nitrogens with one attached hydrogen (secondary N) is 1. The van der Waals surface area contributed by atoms with Crippen molar-refractivity contribution in [2.75, 3.05) is 23.8 Å². The maximum absolute atomic E-state index is 14.2. The van der Waals surface area contributed by atoms with Crippen LogP contribution in [0.25, 0.3) is 11.1 Å². The highest BCUT2D eigenvalue weighted by Gasteiger charge is 2.41.